The van der Waals surface area contributed by atoms with Gasteiger partial charge in [-0.15, -0.1) is 0 Å². The Bertz CT molecular complexity index is 522. The second-order valence-corrected chi connectivity index (χ2v) is 8.35. The Kier molecular flexibility index (Phi) is 7.78. The van der Waals surface area contributed by atoms with Gasteiger partial charge in [0.25, 0.3) is 0 Å². The molecule has 1 aromatic rings. The van der Waals surface area contributed by atoms with Crippen LogP contribution in [-0.2, 0) is 11.3 Å². The van der Waals surface area contributed by atoms with Gasteiger partial charge in [0.1, 0.15) is 17.2 Å². The standard InChI is InChI=1S/C20H27BrF4/c1-2-3-4-5-14-6-8-15(9-7-14)10-11-16-12-17(22)19(18(23)13-16)20(21,24)25/h12-15H,2-11H2,1H3. The highest BCUT2D eigenvalue weighted by Gasteiger charge is 2.34. The molecule has 1 fully saturated rings. The highest BCUT2D eigenvalue weighted by Crippen LogP contribution is 2.39. The van der Waals surface area contributed by atoms with Crippen molar-refractivity contribution in [3.05, 3.63) is 34.9 Å². The van der Waals surface area contributed by atoms with E-state index in [1.54, 1.807) is 0 Å². The van der Waals surface area contributed by atoms with E-state index in [0.29, 0.717) is 17.9 Å². The largest absolute Gasteiger partial charge is 0.332 e. The first kappa shape index (κ1) is 20.7. The average Bonchev–Trinajstić information content (AvgIpc) is 2.52. The summed E-state index contributed by atoms with van der Waals surface area (Å²) in [5, 5.41) is 0. The zero-order valence-corrected chi connectivity index (χ0v) is 16.4. The Hall–Kier alpha value is -0.580. The van der Waals surface area contributed by atoms with Crippen molar-refractivity contribution in [1.29, 1.82) is 0 Å². The molecule has 1 aliphatic rings. The van der Waals surface area contributed by atoms with Crippen LogP contribution >= 0.6 is 15.9 Å². The molecule has 0 atom stereocenters. The zero-order chi connectivity index (χ0) is 18.4. The highest BCUT2D eigenvalue weighted by molar-refractivity contribution is 9.09. The smallest absolute Gasteiger partial charge is 0.206 e. The zero-order valence-electron chi connectivity index (χ0n) is 14.8. The van der Waals surface area contributed by atoms with Gasteiger partial charge in [-0.2, -0.15) is 8.78 Å². The van der Waals surface area contributed by atoms with Gasteiger partial charge in [0.15, 0.2) is 0 Å². The van der Waals surface area contributed by atoms with E-state index in [4.69, 9.17) is 0 Å². The van der Waals surface area contributed by atoms with Gasteiger partial charge < -0.3 is 0 Å². The Balaban J connectivity index is 1.83. The Morgan fingerprint density at radius 1 is 0.960 bits per heavy atom. The number of hydrogen-bond acceptors (Lipinski definition) is 0. The van der Waals surface area contributed by atoms with Crippen LogP contribution in [0.3, 0.4) is 0 Å². The number of rotatable bonds is 8. The molecule has 5 heteroatoms. The van der Waals surface area contributed by atoms with Crippen molar-refractivity contribution in [2.45, 2.75) is 76.0 Å². The van der Waals surface area contributed by atoms with E-state index in [-0.39, 0.29) is 0 Å². The second-order valence-electron chi connectivity index (χ2n) is 7.35. The van der Waals surface area contributed by atoms with Crippen LogP contribution in [0, 0.1) is 23.5 Å². The molecule has 0 nitrogen and oxygen atoms in total. The molecule has 0 N–H and O–H groups in total. The first-order valence-corrected chi connectivity index (χ1v) is 10.2. The van der Waals surface area contributed by atoms with Crippen LogP contribution in [0.25, 0.3) is 0 Å². The van der Waals surface area contributed by atoms with Crippen LogP contribution in [0.2, 0.25) is 0 Å². The van der Waals surface area contributed by atoms with Crippen LogP contribution in [0.5, 0.6) is 0 Å². The highest BCUT2D eigenvalue weighted by atomic mass is 79.9. The van der Waals surface area contributed by atoms with Gasteiger partial charge in [0.2, 0.25) is 0 Å². The third-order valence-corrected chi connectivity index (χ3v) is 5.81. The monoisotopic (exact) mass is 422 g/mol. The fourth-order valence-electron chi connectivity index (χ4n) is 3.90. The minimum atomic E-state index is -3.68. The molecule has 0 unspecified atom stereocenters. The van der Waals surface area contributed by atoms with Crippen LogP contribution in [0.4, 0.5) is 17.6 Å². The van der Waals surface area contributed by atoms with Crippen molar-refractivity contribution in [1.82, 2.24) is 0 Å². The van der Waals surface area contributed by atoms with Crippen LogP contribution < -0.4 is 0 Å². The lowest BCUT2D eigenvalue weighted by atomic mass is 9.78. The number of halogens is 5. The van der Waals surface area contributed by atoms with E-state index in [0.717, 1.165) is 24.5 Å². The maximum atomic E-state index is 13.8. The van der Waals surface area contributed by atoms with E-state index in [1.807, 2.05) is 15.9 Å². The van der Waals surface area contributed by atoms with Gasteiger partial charge in [-0.05, 0) is 58.3 Å². The average molecular weight is 423 g/mol. The SMILES string of the molecule is CCCCCC1CCC(CCc2cc(F)c(C(F)(F)Br)c(F)c2)CC1. The number of alkyl halides is 3. The Morgan fingerprint density at radius 2 is 1.48 bits per heavy atom. The molecule has 0 aromatic heterocycles. The summed E-state index contributed by atoms with van der Waals surface area (Å²) < 4.78 is 54.0. The quantitative estimate of drug-likeness (QED) is 0.228. The van der Waals surface area contributed by atoms with Crippen molar-refractivity contribution < 1.29 is 17.6 Å². The second kappa shape index (κ2) is 9.38. The fraction of sp³-hybridized carbons (Fsp3) is 0.700. The number of unbranched alkanes of at least 4 members (excludes halogenated alkanes) is 2. The Morgan fingerprint density at radius 3 is 1.96 bits per heavy atom. The minimum absolute atomic E-state index is 0.459. The van der Waals surface area contributed by atoms with Gasteiger partial charge in [-0.25, -0.2) is 8.78 Å². The summed E-state index contributed by atoms with van der Waals surface area (Å²) in [4.78, 5) is -3.68. The molecule has 0 radical (unpaired) electrons. The van der Waals surface area contributed by atoms with Gasteiger partial charge in [-0.1, -0.05) is 58.3 Å². The van der Waals surface area contributed by atoms with Gasteiger partial charge in [0.05, 0.1) is 0 Å². The molecule has 0 heterocycles. The number of benzene rings is 1. The number of aryl methyl sites for hydroxylation is 1. The molecular weight excluding hydrogens is 396 g/mol. The predicted octanol–water partition coefficient (Wildman–Crippen LogP) is 7.73. The van der Waals surface area contributed by atoms with E-state index in [1.165, 1.54) is 51.4 Å². The summed E-state index contributed by atoms with van der Waals surface area (Å²) in [6, 6.07) is 2.09. The molecule has 0 spiro atoms. The predicted molar refractivity (Wildman–Crippen MR) is 97.1 cm³/mol. The third-order valence-electron chi connectivity index (χ3n) is 5.41. The molecule has 1 aromatic carbocycles. The van der Waals surface area contributed by atoms with Crippen molar-refractivity contribution in [2.75, 3.05) is 0 Å². The van der Waals surface area contributed by atoms with Gasteiger partial charge in [-0.3, -0.25) is 0 Å². The lowest BCUT2D eigenvalue weighted by molar-refractivity contribution is 0.105. The molecule has 0 aliphatic heterocycles. The van der Waals surface area contributed by atoms with Crippen molar-refractivity contribution in [3.8, 4) is 0 Å². The molecule has 0 amide bonds. The summed E-state index contributed by atoms with van der Waals surface area (Å²) >= 11 is 2.03. The molecule has 2 rings (SSSR count). The maximum absolute atomic E-state index is 13.8. The van der Waals surface area contributed by atoms with Crippen molar-refractivity contribution in [3.63, 3.8) is 0 Å². The van der Waals surface area contributed by atoms with E-state index < -0.39 is 22.0 Å². The molecule has 142 valence electrons. The first-order chi connectivity index (χ1) is 11.8. The molecule has 1 aliphatic carbocycles. The topological polar surface area (TPSA) is 0 Å². The third kappa shape index (κ3) is 6.26. The summed E-state index contributed by atoms with van der Waals surface area (Å²) in [6.07, 6.45) is 11.4. The van der Waals surface area contributed by atoms with E-state index >= 15 is 0 Å². The molecule has 1 saturated carbocycles. The lowest BCUT2D eigenvalue weighted by Gasteiger charge is -2.28. The molecule has 0 saturated heterocycles. The van der Waals surface area contributed by atoms with Crippen molar-refractivity contribution in [2.24, 2.45) is 11.8 Å². The lowest BCUT2D eigenvalue weighted by Crippen LogP contribution is -2.15. The van der Waals surface area contributed by atoms with Gasteiger partial charge in [0, 0.05) is 0 Å². The molecule has 0 bridgehead atoms. The normalized spacial score (nSPS) is 21.5. The summed E-state index contributed by atoms with van der Waals surface area (Å²) in [5.41, 5.74) is -0.746. The van der Waals surface area contributed by atoms with Crippen LogP contribution in [-0.4, -0.2) is 0 Å². The van der Waals surface area contributed by atoms with E-state index in [9.17, 15) is 17.6 Å². The first-order valence-electron chi connectivity index (χ1n) is 9.36. The Labute approximate surface area is 156 Å². The fourth-order valence-corrected chi connectivity index (χ4v) is 4.28. The summed E-state index contributed by atoms with van der Waals surface area (Å²) in [7, 11) is 0. The molecular formula is C20H27BrF4. The van der Waals surface area contributed by atoms with Crippen LogP contribution in [0.1, 0.15) is 75.8 Å². The minimum Gasteiger partial charge on any atom is -0.206 e. The molecule has 25 heavy (non-hydrogen) atoms. The van der Waals surface area contributed by atoms with Crippen LogP contribution in [0.15, 0.2) is 12.1 Å². The maximum Gasteiger partial charge on any atom is 0.332 e. The summed E-state index contributed by atoms with van der Waals surface area (Å²) in [6.45, 7) is 2.22. The van der Waals surface area contributed by atoms with Gasteiger partial charge >= 0.3 is 4.83 Å². The number of hydrogen-bond donors (Lipinski definition) is 0. The van der Waals surface area contributed by atoms with Crippen molar-refractivity contribution >= 4 is 15.9 Å². The summed E-state index contributed by atoms with van der Waals surface area (Å²) in [5.74, 6) is -0.961. The van der Waals surface area contributed by atoms with E-state index in [2.05, 4.69) is 6.92 Å².